The van der Waals surface area contributed by atoms with Crippen molar-refractivity contribution >= 4 is 27.0 Å². The fraction of sp³-hybridized carbons (Fsp3) is 0.375. The summed E-state index contributed by atoms with van der Waals surface area (Å²) in [5.41, 5.74) is 6.24. The molecule has 0 aliphatic carbocycles. The van der Waals surface area contributed by atoms with Crippen LogP contribution in [0.2, 0.25) is 0 Å². The van der Waals surface area contributed by atoms with E-state index in [4.69, 9.17) is 5.73 Å². The van der Waals surface area contributed by atoms with Crippen molar-refractivity contribution in [2.24, 2.45) is 5.73 Å². The first kappa shape index (κ1) is 19.4. The molecule has 0 radical (unpaired) electrons. The number of piperidine rings is 1. The molecule has 1 saturated heterocycles. The van der Waals surface area contributed by atoms with Gasteiger partial charge in [-0.2, -0.15) is 4.98 Å². The highest BCUT2D eigenvalue weighted by Crippen LogP contribution is 2.30. The minimum atomic E-state index is -3.71. The molecule has 0 atom stereocenters. The Labute approximate surface area is 154 Å². The van der Waals surface area contributed by atoms with E-state index in [9.17, 15) is 21.6 Å². The Morgan fingerprint density at radius 1 is 1.19 bits per heavy atom. The van der Waals surface area contributed by atoms with Gasteiger partial charge >= 0.3 is 0 Å². The fourth-order valence-corrected chi connectivity index (χ4v) is 3.27. The molecule has 0 amide bonds. The number of nitrogens with two attached hydrogens (primary N) is 1. The molecular formula is C16H18F3N5O2S. The van der Waals surface area contributed by atoms with Gasteiger partial charge in [-0.3, -0.25) is 0 Å². The van der Waals surface area contributed by atoms with Crippen LogP contribution in [0.25, 0.3) is 0 Å². The number of rotatable bonds is 4. The highest BCUT2D eigenvalue weighted by Gasteiger charge is 2.23. The molecule has 7 nitrogen and oxygen atoms in total. The number of nitrogens with zero attached hydrogens (tertiary/aromatic N) is 3. The molecule has 1 aliphatic heterocycles. The third-order valence-corrected chi connectivity index (χ3v) is 5.07. The molecule has 3 N–H and O–H groups in total. The van der Waals surface area contributed by atoms with Crippen molar-refractivity contribution in [1.82, 2.24) is 9.97 Å². The number of nitrogens with one attached hydrogen (secondary N) is 1. The molecule has 1 aliphatic rings. The number of hydrogen-bond donors (Lipinski definition) is 2. The van der Waals surface area contributed by atoms with Gasteiger partial charge in [-0.15, -0.1) is 0 Å². The molecule has 146 valence electrons. The lowest BCUT2D eigenvalue weighted by Gasteiger charge is -2.32. The van der Waals surface area contributed by atoms with Crippen LogP contribution in [0.3, 0.4) is 0 Å². The second kappa shape index (κ2) is 7.31. The van der Waals surface area contributed by atoms with E-state index in [0.717, 1.165) is 18.4 Å². The van der Waals surface area contributed by atoms with Gasteiger partial charge in [0.05, 0.1) is 11.9 Å². The molecule has 2 aromatic rings. The average molecular weight is 401 g/mol. The average Bonchev–Trinajstić information content (AvgIpc) is 2.59. The standard InChI is InChI=1S/C16H18F3N5O2S/c1-27(25,26)16-21-8-13(24-4-2-9(20)3-5-24)15(23-16)22-10-6-11(17)14(19)12(18)7-10/h6-9H,2-5,20H2,1H3,(H,21,22,23). The topological polar surface area (TPSA) is 101 Å². The summed E-state index contributed by atoms with van der Waals surface area (Å²) in [7, 11) is -3.71. The van der Waals surface area contributed by atoms with Crippen molar-refractivity contribution in [3.63, 3.8) is 0 Å². The fourth-order valence-electron chi connectivity index (χ4n) is 2.77. The molecule has 27 heavy (non-hydrogen) atoms. The van der Waals surface area contributed by atoms with Crippen molar-refractivity contribution in [2.75, 3.05) is 29.6 Å². The second-order valence-corrected chi connectivity index (χ2v) is 8.27. The van der Waals surface area contributed by atoms with E-state index in [-0.39, 0.29) is 17.5 Å². The van der Waals surface area contributed by atoms with Gasteiger partial charge in [0.1, 0.15) is 0 Å². The molecule has 1 aromatic carbocycles. The van der Waals surface area contributed by atoms with Gasteiger partial charge in [0, 0.05) is 43.2 Å². The number of aromatic nitrogens is 2. The Morgan fingerprint density at radius 2 is 1.78 bits per heavy atom. The van der Waals surface area contributed by atoms with E-state index in [1.165, 1.54) is 6.20 Å². The van der Waals surface area contributed by atoms with Crippen LogP contribution in [0.5, 0.6) is 0 Å². The van der Waals surface area contributed by atoms with Crippen molar-refractivity contribution < 1.29 is 21.6 Å². The van der Waals surface area contributed by atoms with Crippen molar-refractivity contribution in [3.8, 4) is 0 Å². The van der Waals surface area contributed by atoms with Crippen LogP contribution in [0, 0.1) is 17.5 Å². The van der Waals surface area contributed by atoms with E-state index in [1.54, 1.807) is 0 Å². The zero-order valence-corrected chi connectivity index (χ0v) is 15.2. The van der Waals surface area contributed by atoms with E-state index < -0.39 is 32.4 Å². The summed E-state index contributed by atoms with van der Waals surface area (Å²) in [6.07, 6.45) is 3.71. The third kappa shape index (κ3) is 4.30. The van der Waals surface area contributed by atoms with Crippen LogP contribution in [0.15, 0.2) is 23.5 Å². The minimum absolute atomic E-state index is 0.0475. The zero-order valence-electron chi connectivity index (χ0n) is 14.4. The second-order valence-electron chi connectivity index (χ2n) is 6.36. The molecular weight excluding hydrogens is 383 g/mol. The van der Waals surface area contributed by atoms with Gasteiger partial charge in [-0.1, -0.05) is 0 Å². The van der Waals surface area contributed by atoms with Gasteiger partial charge in [0.15, 0.2) is 23.3 Å². The van der Waals surface area contributed by atoms with Gasteiger partial charge in [-0.05, 0) is 12.8 Å². The smallest absolute Gasteiger partial charge is 0.248 e. The SMILES string of the molecule is CS(=O)(=O)c1ncc(N2CCC(N)CC2)c(Nc2cc(F)c(F)c(F)c2)n1. The summed E-state index contributed by atoms with van der Waals surface area (Å²) in [5, 5.41) is 2.23. The lowest BCUT2D eigenvalue weighted by Crippen LogP contribution is -2.40. The molecule has 0 unspecified atom stereocenters. The van der Waals surface area contributed by atoms with Gasteiger partial charge in [0.25, 0.3) is 0 Å². The molecule has 0 bridgehead atoms. The molecule has 1 fully saturated rings. The van der Waals surface area contributed by atoms with E-state index in [2.05, 4.69) is 15.3 Å². The van der Waals surface area contributed by atoms with Crippen molar-refractivity contribution in [1.29, 1.82) is 0 Å². The Kier molecular flexibility index (Phi) is 5.24. The molecule has 11 heteroatoms. The first-order valence-corrected chi connectivity index (χ1v) is 10.0. The Balaban J connectivity index is 2.02. The number of halogens is 3. The largest absolute Gasteiger partial charge is 0.367 e. The maximum Gasteiger partial charge on any atom is 0.248 e. The van der Waals surface area contributed by atoms with E-state index in [0.29, 0.717) is 31.6 Å². The lowest BCUT2D eigenvalue weighted by molar-refractivity contribution is 0.448. The highest BCUT2D eigenvalue weighted by molar-refractivity contribution is 7.90. The Morgan fingerprint density at radius 3 is 2.33 bits per heavy atom. The van der Waals surface area contributed by atoms with Gasteiger partial charge in [-0.25, -0.2) is 26.6 Å². The minimum Gasteiger partial charge on any atom is -0.367 e. The summed E-state index contributed by atoms with van der Waals surface area (Å²) < 4.78 is 63.7. The number of hydrogen-bond acceptors (Lipinski definition) is 7. The van der Waals surface area contributed by atoms with Crippen molar-refractivity contribution in [2.45, 2.75) is 24.0 Å². The lowest BCUT2D eigenvalue weighted by atomic mass is 10.1. The van der Waals surface area contributed by atoms with E-state index in [1.807, 2.05) is 4.90 Å². The predicted octanol–water partition coefficient (Wildman–Crippen LogP) is 1.97. The molecule has 1 aromatic heterocycles. The maximum atomic E-state index is 13.5. The summed E-state index contributed by atoms with van der Waals surface area (Å²) >= 11 is 0. The first-order chi connectivity index (χ1) is 12.6. The summed E-state index contributed by atoms with van der Waals surface area (Å²) in [4.78, 5) is 9.77. The Hall–Kier alpha value is -2.40. The van der Waals surface area contributed by atoms with E-state index >= 15 is 0 Å². The quantitative estimate of drug-likeness (QED) is 0.597. The number of sulfone groups is 1. The summed E-state index contributed by atoms with van der Waals surface area (Å²) in [5.74, 6) is -4.29. The zero-order chi connectivity index (χ0) is 19.8. The van der Waals surface area contributed by atoms with Crippen LogP contribution < -0.4 is 16.0 Å². The van der Waals surface area contributed by atoms with Gasteiger partial charge in [0.2, 0.25) is 15.0 Å². The number of benzene rings is 1. The van der Waals surface area contributed by atoms with Crippen molar-refractivity contribution in [3.05, 3.63) is 35.8 Å². The van der Waals surface area contributed by atoms with Crippen LogP contribution >= 0.6 is 0 Å². The van der Waals surface area contributed by atoms with Crippen LogP contribution in [-0.4, -0.2) is 43.8 Å². The molecule has 3 rings (SSSR count). The van der Waals surface area contributed by atoms with Crippen LogP contribution in [0.1, 0.15) is 12.8 Å². The van der Waals surface area contributed by atoms with Gasteiger partial charge < -0.3 is 16.0 Å². The highest BCUT2D eigenvalue weighted by atomic mass is 32.2. The Bertz CT molecular complexity index is 940. The van der Waals surface area contributed by atoms with Crippen LogP contribution in [0.4, 0.5) is 30.4 Å². The summed E-state index contributed by atoms with van der Waals surface area (Å²) in [6, 6.07) is 1.58. The monoisotopic (exact) mass is 401 g/mol. The normalized spacial score (nSPS) is 15.8. The molecule has 0 saturated carbocycles. The maximum absolute atomic E-state index is 13.5. The molecule has 0 spiro atoms. The van der Waals surface area contributed by atoms with Crippen LogP contribution in [-0.2, 0) is 9.84 Å². The molecule has 2 heterocycles. The third-order valence-electron chi connectivity index (χ3n) is 4.21. The predicted molar refractivity (Wildman–Crippen MR) is 94.2 cm³/mol. The first-order valence-electron chi connectivity index (χ1n) is 8.14. The number of anilines is 3. The summed E-state index contributed by atoms with van der Waals surface area (Å²) in [6.45, 7) is 1.17.